The first-order chi connectivity index (χ1) is 8.43. The molecule has 0 aliphatic heterocycles. The predicted molar refractivity (Wildman–Crippen MR) is 72.4 cm³/mol. The zero-order valence-electron chi connectivity index (χ0n) is 11.3. The zero-order valence-corrected chi connectivity index (χ0v) is 11.3. The first-order valence-corrected chi connectivity index (χ1v) is 6.28. The van der Waals surface area contributed by atoms with Crippen molar-refractivity contribution in [3.63, 3.8) is 0 Å². The molecule has 4 heteroatoms. The molecule has 2 nitrogen and oxygen atoms in total. The molecule has 102 valence electrons. The Morgan fingerprint density at radius 3 is 2.56 bits per heavy atom. The Hall–Kier alpha value is -1.16. The largest absolute Gasteiger partial charge is 0.369 e. The first-order valence-electron chi connectivity index (χ1n) is 6.28. The molecule has 1 unspecified atom stereocenters. The molecule has 1 aromatic carbocycles. The molecule has 0 radical (unpaired) electrons. The van der Waals surface area contributed by atoms with Gasteiger partial charge in [0.1, 0.15) is 0 Å². The third kappa shape index (κ3) is 4.26. The minimum absolute atomic E-state index is 0.0745. The molecule has 1 aromatic rings. The minimum Gasteiger partial charge on any atom is -0.369 e. The summed E-state index contributed by atoms with van der Waals surface area (Å²) in [5.41, 5.74) is 8.99. The van der Waals surface area contributed by atoms with Crippen LogP contribution in [-0.2, 0) is 6.42 Å². The van der Waals surface area contributed by atoms with E-state index in [2.05, 4.69) is 0 Å². The molecule has 0 bridgehead atoms. The van der Waals surface area contributed by atoms with Gasteiger partial charge in [0.25, 0.3) is 6.43 Å². The molecule has 0 saturated heterocycles. The lowest BCUT2D eigenvalue weighted by molar-refractivity contribution is 0.156. The fourth-order valence-electron chi connectivity index (χ4n) is 1.98. The maximum absolute atomic E-state index is 12.4. The van der Waals surface area contributed by atoms with Gasteiger partial charge in [-0.1, -0.05) is 24.6 Å². The average molecular weight is 256 g/mol. The van der Waals surface area contributed by atoms with Crippen LogP contribution in [0.5, 0.6) is 0 Å². The van der Waals surface area contributed by atoms with Gasteiger partial charge in [-0.15, -0.1) is 0 Å². The fraction of sp³-hybridized carbons (Fsp3) is 0.571. The quantitative estimate of drug-likeness (QED) is 0.848. The van der Waals surface area contributed by atoms with E-state index in [9.17, 15) is 8.78 Å². The Labute approximate surface area is 108 Å². The zero-order chi connectivity index (χ0) is 13.7. The van der Waals surface area contributed by atoms with Gasteiger partial charge >= 0.3 is 0 Å². The Morgan fingerprint density at radius 2 is 2.00 bits per heavy atom. The summed E-state index contributed by atoms with van der Waals surface area (Å²) in [5.74, 6) is 0. The van der Waals surface area contributed by atoms with E-state index in [0.717, 1.165) is 29.7 Å². The van der Waals surface area contributed by atoms with Crippen LogP contribution in [0.1, 0.15) is 24.5 Å². The summed E-state index contributed by atoms with van der Waals surface area (Å²) in [6.45, 7) is 3.78. The lowest BCUT2D eigenvalue weighted by atomic mass is 10.0. The molecule has 0 aliphatic carbocycles. The normalized spacial score (nSPS) is 12.8. The van der Waals surface area contributed by atoms with Crippen LogP contribution < -0.4 is 10.6 Å². The van der Waals surface area contributed by atoms with Crippen molar-refractivity contribution < 1.29 is 8.78 Å². The summed E-state index contributed by atoms with van der Waals surface area (Å²) in [5, 5.41) is 0. The van der Waals surface area contributed by atoms with Crippen molar-refractivity contribution >= 4 is 5.69 Å². The van der Waals surface area contributed by atoms with Gasteiger partial charge in [0.2, 0.25) is 0 Å². The van der Waals surface area contributed by atoms with Gasteiger partial charge in [0.05, 0.1) is 6.54 Å². The number of nitrogens with zero attached hydrogens (tertiary/aromatic N) is 1. The van der Waals surface area contributed by atoms with E-state index in [-0.39, 0.29) is 12.6 Å². The molecule has 0 amide bonds. The van der Waals surface area contributed by atoms with Crippen molar-refractivity contribution in [2.24, 2.45) is 5.73 Å². The second kappa shape index (κ2) is 6.69. The van der Waals surface area contributed by atoms with Gasteiger partial charge in [0.15, 0.2) is 0 Å². The van der Waals surface area contributed by atoms with Gasteiger partial charge < -0.3 is 10.6 Å². The summed E-state index contributed by atoms with van der Waals surface area (Å²) >= 11 is 0. The van der Waals surface area contributed by atoms with E-state index in [1.165, 1.54) is 0 Å². The maximum atomic E-state index is 12.4. The number of hydrogen-bond acceptors (Lipinski definition) is 2. The number of nitrogens with two attached hydrogens (primary N) is 1. The molecule has 1 rings (SSSR count). The molecule has 1 atom stereocenters. The summed E-state index contributed by atoms with van der Waals surface area (Å²) in [6.07, 6.45) is -0.725. The Bertz CT molecular complexity index is 380. The summed E-state index contributed by atoms with van der Waals surface area (Å²) in [4.78, 5) is 1.60. The molecule has 0 aliphatic rings. The Morgan fingerprint density at radius 1 is 1.33 bits per heavy atom. The van der Waals surface area contributed by atoms with E-state index < -0.39 is 6.43 Å². The molecule has 18 heavy (non-hydrogen) atoms. The van der Waals surface area contributed by atoms with Crippen molar-refractivity contribution in [1.82, 2.24) is 0 Å². The van der Waals surface area contributed by atoms with Gasteiger partial charge in [-0.2, -0.15) is 0 Å². The highest BCUT2D eigenvalue weighted by molar-refractivity contribution is 5.54. The van der Waals surface area contributed by atoms with Gasteiger partial charge in [-0.3, -0.25) is 0 Å². The second-order valence-electron chi connectivity index (χ2n) is 4.78. The molecule has 0 aromatic heterocycles. The number of halogens is 2. The van der Waals surface area contributed by atoms with Crippen molar-refractivity contribution in [3.8, 4) is 0 Å². The lowest BCUT2D eigenvalue weighted by Crippen LogP contribution is -2.27. The van der Waals surface area contributed by atoms with E-state index in [0.29, 0.717) is 0 Å². The third-order valence-corrected chi connectivity index (χ3v) is 3.06. The number of hydrogen-bond donors (Lipinski definition) is 1. The number of anilines is 1. The second-order valence-corrected chi connectivity index (χ2v) is 4.78. The van der Waals surface area contributed by atoms with Crippen molar-refractivity contribution in [3.05, 3.63) is 29.3 Å². The van der Waals surface area contributed by atoms with Crippen molar-refractivity contribution in [1.29, 1.82) is 0 Å². The number of aryl methyl sites for hydroxylation is 1. The molecule has 0 heterocycles. The van der Waals surface area contributed by atoms with Crippen LogP contribution in [-0.4, -0.2) is 26.1 Å². The van der Waals surface area contributed by atoms with E-state index in [1.54, 1.807) is 11.9 Å². The van der Waals surface area contributed by atoms with Crippen LogP contribution in [0.15, 0.2) is 18.2 Å². The van der Waals surface area contributed by atoms with Crippen LogP contribution in [0.4, 0.5) is 14.5 Å². The maximum Gasteiger partial charge on any atom is 0.255 e. The van der Waals surface area contributed by atoms with Crippen molar-refractivity contribution in [2.45, 2.75) is 39.2 Å². The number of benzene rings is 1. The Kier molecular flexibility index (Phi) is 5.54. The smallest absolute Gasteiger partial charge is 0.255 e. The van der Waals surface area contributed by atoms with Crippen LogP contribution in [0, 0.1) is 6.92 Å². The minimum atomic E-state index is -2.33. The van der Waals surface area contributed by atoms with Crippen molar-refractivity contribution in [2.75, 3.05) is 18.5 Å². The highest BCUT2D eigenvalue weighted by Crippen LogP contribution is 2.23. The summed E-state index contributed by atoms with van der Waals surface area (Å²) in [6, 6.07) is 5.95. The third-order valence-electron chi connectivity index (χ3n) is 3.06. The van der Waals surface area contributed by atoms with Gasteiger partial charge in [-0.25, -0.2) is 8.78 Å². The van der Waals surface area contributed by atoms with E-state index >= 15 is 0 Å². The average Bonchev–Trinajstić information content (AvgIpc) is 2.27. The Balaban J connectivity index is 2.95. The first kappa shape index (κ1) is 14.9. The number of alkyl halides is 2. The molecule has 0 fully saturated rings. The number of rotatable bonds is 6. The van der Waals surface area contributed by atoms with Gasteiger partial charge in [0, 0.05) is 18.8 Å². The predicted octanol–water partition coefficient (Wildman–Crippen LogP) is 2.98. The monoisotopic (exact) mass is 256 g/mol. The van der Waals surface area contributed by atoms with E-state index in [4.69, 9.17) is 5.73 Å². The van der Waals surface area contributed by atoms with E-state index in [1.807, 2.05) is 32.0 Å². The fourth-order valence-corrected chi connectivity index (χ4v) is 1.98. The molecular weight excluding hydrogens is 234 g/mol. The summed E-state index contributed by atoms with van der Waals surface area (Å²) < 4.78 is 24.9. The highest BCUT2D eigenvalue weighted by atomic mass is 19.3. The summed E-state index contributed by atoms with van der Waals surface area (Å²) in [7, 11) is 1.69. The van der Waals surface area contributed by atoms with Crippen LogP contribution in [0.25, 0.3) is 0 Å². The standard InChI is InChI=1S/C14H22F2N2/c1-4-12(17)8-11-7-10(2)5-6-13(11)18(3)9-14(15)16/h5-7,12,14H,4,8-9,17H2,1-3H3. The van der Waals surface area contributed by atoms with Crippen LogP contribution in [0.2, 0.25) is 0 Å². The molecule has 2 N–H and O–H groups in total. The molecule has 0 saturated carbocycles. The molecule has 0 spiro atoms. The van der Waals surface area contributed by atoms with Gasteiger partial charge in [-0.05, 0) is 31.4 Å². The van der Waals surface area contributed by atoms with Crippen LogP contribution in [0.3, 0.4) is 0 Å². The SMILES string of the molecule is CCC(N)Cc1cc(C)ccc1N(C)CC(F)F. The topological polar surface area (TPSA) is 29.3 Å². The molecular formula is C14H22F2N2. The lowest BCUT2D eigenvalue weighted by Gasteiger charge is -2.23. The van der Waals surface area contributed by atoms with Crippen LogP contribution >= 0.6 is 0 Å². The highest BCUT2D eigenvalue weighted by Gasteiger charge is 2.13.